The predicted octanol–water partition coefficient (Wildman–Crippen LogP) is 2.99. The van der Waals surface area contributed by atoms with Gasteiger partial charge >= 0.3 is 5.97 Å². The molecule has 0 saturated carbocycles. The summed E-state index contributed by atoms with van der Waals surface area (Å²) >= 11 is 0. The Balaban J connectivity index is 5.32. The fraction of sp³-hybridized carbons (Fsp3) is 0.538. The molecule has 3 heteroatoms. The van der Waals surface area contributed by atoms with Crippen molar-refractivity contribution in [2.75, 3.05) is 6.61 Å². The third kappa shape index (κ3) is 2.96. The smallest absolute Gasteiger partial charge is 0.331 e. The standard InChI is InChI=1S/C13H19NO2/c1-5-8-11(4)13(10-14,9-6-2)12(15)16-7-3/h6,8H,2,5,7,9H2,1,3-4H3/b11-8+/t13-/m0/s1. The number of rotatable bonds is 6. The quantitative estimate of drug-likeness (QED) is 0.511. The number of ether oxygens (including phenoxy) is 1. The van der Waals surface area contributed by atoms with Crippen LogP contribution in [0.25, 0.3) is 0 Å². The van der Waals surface area contributed by atoms with Crippen molar-refractivity contribution >= 4 is 5.97 Å². The zero-order valence-corrected chi connectivity index (χ0v) is 10.2. The molecule has 0 N–H and O–H groups in total. The molecule has 0 aromatic rings. The Labute approximate surface area is 97.4 Å². The van der Waals surface area contributed by atoms with E-state index in [0.717, 1.165) is 12.0 Å². The SMILES string of the molecule is C=CC[C@@](C#N)(C(=O)OCC)/C(C)=C/CC. The van der Waals surface area contributed by atoms with E-state index in [0.29, 0.717) is 0 Å². The van der Waals surface area contributed by atoms with E-state index in [4.69, 9.17) is 4.74 Å². The van der Waals surface area contributed by atoms with Crippen molar-refractivity contribution in [1.29, 1.82) is 5.26 Å². The van der Waals surface area contributed by atoms with Gasteiger partial charge in [0.2, 0.25) is 0 Å². The number of hydrogen-bond donors (Lipinski definition) is 0. The molecule has 0 aliphatic rings. The molecule has 1 atom stereocenters. The summed E-state index contributed by atoms with van der Waals surface area (Å²) in [6, 6.07) is 2.07. The van der Waals surface area contributed by atoms with Crippen LogP contribution in [0.4, 0.5) is 0 Å². The monoisotopic (exact) mass is 221 g/mol. The summed E-state index contributed by atoms with van der Waals surface area (Å²) < 4.78 is 4.97. The van der Waals surface area contributed by atoms with Crippen molar-refractivity contribution in [2.24, 2.45) is 5.41 Å². The van der Waals surface area contributed by atoms with Crippen LogP contribution in [0.15, 0.2) is 24.3 Å². The van der Waals surface area contributed by atoms with Crippen LogP contribution in [0.3, 0.4) is 0 Å². The van der Waals surface area contributed by atoms with Crippen LogP contribution < -0.4 is 0 Å². The summed E-state index contributed by atoms with van der Waals surface area (Å²) in [5.74, 6) is -0.486. The number of nitrogens with zero attached hydrogens (tertiary/aromatic N) is 1. The molecule has 0 saturated heterocycles. The Morgan fingerprint density at radius 1 is 1.56 bits per heavy atom. The van der Waals surface area contributed by atoms with Crippen LogP contribution in [0.2, 0.25) is 0 Å². The summed E-state index contributed by atoms with van der Waals surface area (Å²) in [4.78, 5) is 11.9. The first-order valence-electron chi connectivity index (χ1n) is 5.45. The zero-order chi connectivity index (χ0) is 12.6. The van der Waals surface area contributed by atoms with Gasteiger partial charge in [-0.2, -0.15) is 5.26 Å². The number of carbonyl (C=O) groups is 1. The predicted molar refractivity (Wildman–Crippen MR) is 63.5 cm³/mol. The molecule has 0 radical (unpaired) electrons. The van der Waals surface area contributed by atoms with E-state index < -0.39 is 11.4 Å². The number of nitriles is 1. The van der Waals surface area contributed by atoms with Crippen LogP contribution in [0.1, 0.15) is 33.6 Å². The van der Waals surface area contributed by atoms with Gasteiger partial charge in [-0.3, -0.25) is 0 Å². The fourth-order valence-corrected chi connectivity index (χ4v) is 1.54. The van der Waals surface area contributed by atoms with Crippen molar-refractivity contribution in [1.82, 2.24) is 0 Å². The Morgan fingerprint density at radius 3 is 2.56 bits per heavy atom. The van der Waals surface area contributed by atoms with Crippen LogP contribution in [-0.4, -0.2) is 12.6 Å². The molecular weight excluding hydrogens is 202 g/mol. The van der Waals surface area contributed by atoms with Gasteiger partial charge < -0.3 is 4.74 Å². The highest BCUT2D eigenvalue weighted by atomic mass is 16.5. The van der Waals surface area contributed by atoms with E-state index in [-0.39, 0.29) is 13.0 Å². The summed E-state index contributed by atoms with van der Waals surface area (Å²) in [5.41, 5.74) is -0.468. The number of esters is 1. The van der Waals surface area contributed by atoms with E-state index in [9.17, 15) is 10.1 Å². The zero-order valence-electron chi connectivity index (χ0n) is 10.2. The fourth-order valence-electron chi connectivity index (χ4n) is 1.54. The second-order valence-corrected chi connectivity index (χ2v) is 3.53. The van der Waals surface area contributed by atoms with Crippen LogP contribution >= 0.6 is 0 Å². The van der Waals surface area contributed by atoms with Gasteiger partial charge in [0.15, 0.2) is 5.41 Å². The van der Waals surface area contributed by atoms with Gasteiger partial charge in [-0.15, -0.1) is 6.58 Å². The number of carbonyl (C=O) groups excluding carboxylic acids is 1. The number of allylic oxidation sites excluding steroid dienone is 2. The first-order valence-corrected chi connectivity index (χ1v) is 5.45. The molecule has 0 spiro atoms. The molecule has 0 bridgehead atoms. The minimum absolute atomic E-state index is 0.277. The minimum Gasteiger partial charge on any atom is -0.465 e. The molecule has 0 aromatic carbocycles. The van der Waals surface area contributed by atoms with E-state index in [1.165, 1.54) is 0 Å². The highest BCUT2D eigenvalue weighted by Crippen LogP contribution is 2.33. The van der Waals surface area contributed by atoms with Crippen molar-refractivity contribution < 1.29 is 9.53 Å². The summed E-state index contributed by atoms with van der Waals surface area (Å²) in [6.07, 6.45) is 4.52. The van der Waals surface area contributed by atoms with Gasteiger partial charge in [0, 0.05) is 0 Å². The molecule has 0 amide bonds. The molecule has 0 heterocycles. The van der Waals surface area contributed by atoms with E-state index in [1.807, 2.05) is 13.0 Å². The lowest BCUT2D eigenvalue weighted by Crippen LogP contribution is -2.32. The van der Waals surface area contributed by atoms with Crippen molar-refractivity contribution in [3.8, 4) is 6.07 Å². The van der Waals surface area contributed by atoms with Crippen molar-refractivity contribution in [2.45, 2.75) is 33.6 Å². The lowest BCUT2D eigenvalue weighted by Gasteiger charge is -2.24. The second kappa shape index (κ2) is 6.84. The minimum atomic E-state index is -1.20. The van der Waals surface area contributed by atoms with Crippen LogP contribution in [-0.2, 0) is 9.53 Å². The maximum Gasteiger partial charge on any atom is 0.331 e. The maximum absolute atomic E-state index is 11.9. The third-order valence-electron chi connectivity index (χ3n) is 2.45. The highest BCUT2D eigenvalue weighted by molar-refractivity contribution is 5.84. The molecule has 88 valence electrons. The first kappa shape index (κ1) is 14.4. The Hall–Kier alpha value is -1.56. The van der Waals surface area contributed by atoms with E-state index in [1.54, 1.807) is 19.9 Å². The summed E-state index contributed by atoms with van der Waals surface area (Å²) in [5, 5.41) is 9.26. The maximum atomic E-state index is 11.9. The largest absolute Gasteiger partial charge is 0.465 e. The summed E-state index contributed by atoms with van der Waals surface area (Å²) in [7, 11) is 0. The molecule has 3 nitrogen and oxygen atoms in total. The number of hydrogen-bond acceptors (Lipinski definition) is 3. The van der Waals surface area contributed by atoms with Gasteiger partial charge in [0.1, 0.15) is 0 Å². The first-order chi connectivity index (χ1) is 7.58. The average molecular weight is 221 g/mol. The molecule has 0 aliphatic carbocycles. The molecular formula is C13H19NO2. The van der Waals surface area contributed by atoms with E-state index in [2.05, 4.69) is 12.6 Å². The lowest BCUT2D eigenvalue weighted by molar-refractivity contribution is -0.149. The van der Waals surface area contributed by atoms with Gasteiger partial charge in [-0.25, -0.2) is 4.79 Å². The van der Waals surface area contributed by atoms with Crippen LogP contribution in [0, 0.1) is 16.7 Å². The topological polar surface area (TPSA) is 50.1 Å². The molecule has 0 aromatic heterocycles. The van der Waals surface area contributed by atoms with Gasteiger partial charge in [0.05, 0.1) is 12.7 Å². The average Bonchev–Trinajstić information content (AvgIpc) is 2.26. The Bertz CT molecular complexity index is 325. The van der Waals surface area contributed by atoms with Crippen LogP contribution in [0.5, 0.6) is 0 Å². The Morgan fingerprint density at radius 2 is 2.19 bits per heavy atom. The van der Waals surface area contributed by atoms with E-state index >= 15 is 0 Å². The molecule has 16 heavy (non-hydrogen) atoms. The summed E-state index contributed by atoms with van der Waals surface area (Å²) in [6.45, 7) is 9.35. The third-order valence-corrected chi connectivity index (χ3v) is 2.45. The van der Waals surface area contributed by atoms with Gasteiger partial charge in [0.25, 0.3) is 0 Å². The van der Waals surface area contributed by atoms with Gasteiger partial charge in [-0.05, 0) is 32.3 Å². The van der Waals surface area contributed by atoms with Crippen molar-refractivity contribution in [3.63, 3.8) is 0 Å². The molecule has 0 aliphatic heterocycles. The van der Waals surface area contributed by atoms with Crippen molar-refractivity contribution in [3.05, 3.63) is 24.3 Å². The molecule has 0 rings (SSSR count). The molecule has 0 fully saturated rings. The Kier molecular flexibility index (Phi) is 6.17. The highest BCUT2D eigenvalue weighted by Gasteiger charge is 2.40. The van der Waals surface area contributed by atoms with Gasteiger partial charge in [-0.1, -0.05) is 19.1 Å². The lowest BCUT2D eigenvalue weighted by atomic mass is 9.78. The second-order valence-electron chi connectivity index (χ2n) is 3.53. The normalized spacial score (nSPS) is 14.8. The molecule has 0 unspecified atom stereocenters.